The van der Waals surface area contributed by atoms with Crippen LogP contribution in [-0.2, 0) is 6.54 Å². The average Bonchev–Trinajstić information content (AvgIpc) is 2.67. The van der Waals surface area contributed by atoms with Crippen LogP contribution >= 0.6 is 0 Å². The molecule has 19 heavy (non-hydrogen) atoms. The smallest absolute Gasteiger partial charge is 0.147 e. The zero-order valence-electron chi connectivity index (χ0n) is 10.9. The van der Waals surface area contributed by atoms with Crippen molar-refractivity contribution in [1.29, 1.82) is 0 Å². The maximum absolute atomic E-state index is 12.7. The number of aliphatic hydroxyl groups excluding tert-OH is 1. The molecule has 0 bridgehead atoms. The number of nitrogens with zero attached hydrogens (tertiary/aromatic N) is 3. The summed E-state index contributed by atoms with van der Waals surface area (Å²) in [6, 6.07) is 5.67. The van der Waals surface area contributed by atoms with Gasteiger partial charge < -0.3 is 9.84 Å². The third-order valence-electron chi connectivity index (χ3n) is 2.60. The van der Waals surface area contributed by atoms with Gasteiger partial charge >= 0.3 is 0 Å². The van der Waals surface area contributed by atoms with Crippen LogP contribution in [0.5, 0.6) is 5.75 Å². The zero-order valence-corrected chi connectivity index (χ0v) is 10.9. The molecule has 1 atom stereocenters. The first kappa shape index (κ1) is 13.5. The summed E-state index contributed by atoms with van der Waals surface area (Å²) in [7, 11) is 0. The van der Waals surface area contributed by atoms with Gasteiger partial charge in [-0.2, -0.15) is 5.10 Å². The van der Waals surface area contributed by atoms with E-state index in [-0.39, 0.29) is 12.4 Å². The van der Waals surface area contributed by atoms with Crippen LogP contribution in [0.3, 0.4) is 0 Å². The van der Waals surface area contributed by atoms with Gasteiger partial charge in [0.05, 0.1) is 6.54 Å². The second-order valence-electron chi connectivity index (χ2n) is 4.31. The highest BCUT2D eigenvalue weighted by Gasteiger charge is 2.10. The first-order chi connectivity index (χ1) is 9.04. The molecule has 0 spiro atoms. The molecule has 5 nitrogen and oxygen atoms in total. The molecule has 1 unspecified atom stereocenters. The fraction of sp³-hybridized carbons (Fsp3) is 0.385. The molecule has 0 aliphatic carbocycles. The minimum atomic E-state index is -0.704. The minimum Gasteiger partial charge on any atom is -0.491 e. The quantitative estimate of drug-likeness (QED) is 0.889. The Hall–Kier alpha value is -1.95. The Morgan fingerprint density at radius 1 is 1.32 bits per heavy atom. The van der Waals surface area contributed by atoms with E-state index in [4.69, 9.17) is 4.74 Å². The number of hydrogen-bond acceptors (Lipinski definition) is 4. The van der Waals surface area contributed by atoms with Gasteiger partial charge in [-0.15, -0.1) is 0 Å². The van der Waals surface area contributed by atoms with E-state index in [9.17, 15) is 9.50 Å². The molecular weight excluding hydrogens is 249 g/mol. The number of hydrogen-bond donors (Lipinski definition) is 1. The molecule has 0 amide bonds. The summed E-state index contributed by atoms with van der Waals surface area (Å²) < 4.78 is 19.7. The summed E-state index contributed by atoms with van der Waals surface area (Å²) in [5, 5.41) is 14.0. The number of aliphatic hydroxyl groups is 1. The molecule has 1 aromatic carbocycles. The largest absolute Gasteiger partial charge is 0.491 e. The van der Waals surface area contributed by atoms with Gasteiger partial charge in [-0.1, -0.05) is 0 Å². The first-order valence-corrected chi connectivity index (χ1v) is 5.99. The van der Waals surface area contributed by atoms with Gasteiger partial charge in [0.1, 0.15) is 35.9 Å². The van der Waals surface area contributed by atoms with Crippen LogP contribution < -0.4 is 4.74 Å². The van der Waals surface area contributed by atoms with E-state index in [0.29, 0.717) is 18.1 Å². The molecule has 1 aromatic heterocycles. The molecular formula is C13H16FN3O2. The maximum atomic E-state index is 12.7. The number of rotatable bonds is 5. The lowest BCUT2D eigenvalue weighted by atomic mass is 10.3. The molecule has 0 aliphatic heterocycles. The fourth-order valence-electron chi connectivity index (χ4n) is 1.71. The van der Waals surface area contributed by atoms with E-state index in [1.165, 1.54) is 24.3 Å². The summed E-state index contributed by atoms with van der Waals surface area (Å²) in [6.45, 7) is 4.05. The van der Waals surface area contributed by atoms with Gasteiger partial charge in [0.15, 0.2) is 0 Å². The second kappa shape index (κ2) is 5.79. The van der Waals surface area contributed by atoms with Gasteiger partial charge in [0.25, 0.3) is 0 Å². The summed E-state index contributed by atoms with van der Waals surface area (Å²) in [5.74, 6) is 1.62. The minimum absolute atomic E-state index is 0.115. The monoisotopic (exact) mass is 265 g/mol. The van der Waals surface area contributed by atoms with E-state index >= 15 is 0 Å². The molecule has 0 fully saturated rings. The Morgan fingerprint density at radius 2 is 2.00 bits per heavy atom. The number of aromatic nitrogens is 3. The lowest BCUT2D eigenvalue weighted by Gasteiger charge is -2.12. The number of aryl methyl sites for hydroxylation is 2. The molecule has 2 aromatic rings. The first-order valence-electron chi connectivity index (χ1n) is 5.99. The van der Waals surface area contributed by atoms with Crippen molar-refractivity contribution in [1.82, 2.24) is 14.8 Å². The van der Waals surface area contributed by atoms with Gasteiger partial charge in [0, 0.05) is 0 Å². The highest BCUT2D eigenvalue weighted by Crippen LogP contribution is 2.11. The van der Waals surface area contributed by atoms with Crippen LogP contribution in [0.15, 0.2) is 24.3 Å². The van der Waals surface area contributed by atoms with E-state index in [1.807, 2.05) is 6.92 Å². The van der Waals surface area contributed by atoms with Gasteiger partial charge in [-0.05, 0) is 38.1 Å². The average molecular weight is 265 g/mol. The topological polar surface area (TPSA) is 60.2 Å². The maximum Gasteiger partial charge on any atom is 0.147 e. The Morgan fingerprint density at radius 3 is 2.58 bits per heavy atom. The summed E-state index contributed by atoms with van der Waals surface area (Å²) in [6.07, 6.45) is -0.704. The van der Waals surface area contributed by atoms with Gasteiger partial charge in [-0.3, -0.25) is 0 Å². The third kappa shape index (κ3) is 3.75. The molecule has 0 saturated heterocycles. The fourth-order valence-corrected chi connectivity index (χ4v) is 1.71. The Balaban J connectivity index is 1.86. The summed E-state index contributed by atoms with van der Waals surface area (Å²) >= 11 is 0. The van der Waals surface area contributed by atoms with Crippen molar-refractivity contribution in [2.24, 2.45) is 0 Å². The van der Waals surface area contributed by atoms with Gasteiger partial charge in [-0.25, -0.2) is 14.1 Å². The molecule has 1 N–H and O–H groups in total. The van der Waals surface area contributed by atoms with E-state index in [1.54, 1.807) is 11.6 Å². The van der Waals surface area contributed by atoms with E-state index < -0.39 is 6.10 Å². The normalized spacial score (nSPS) is 12.4. The van der Waals surface area contributed by atoms with Crippen molar-refractivity contribution in [3.8, 4) is 5.75 Å². The lowest BCUT2D eigenvalue weighted by molar-refractivity contribution is 0.0885. The highest BCUT2D eigenvalue weighted by atomic mass is 19.1. The van der Waals surface area contributed by atoms with Crippen molar-refractivity contribution in [2.75, 3.05) is 6.61 Å². The Kier molecular flexibility index (Phi) is 4.11. The SMILES string of the molecule is Cc1nc(C)n(CC(O)COc2ccc(F)cc2)n1. The molecule has 6 heteroatoms. The molecule has 0 radical (unpaired) electrons. The van der Waals surface area contributed by atoms with E-state index in [0.717, 1.165) is 5.82 Å². The Labute approximate surface area is 110 Å². The van der Waals surface area contributed by atoms with Crippen LogP contribution in [0.4, 0.5) is 4.39 Å². The number of halogens is 1. The third-order valence-corrected chi connectivity index (χ3v) is 2.60. The van der Waals surface area contributed by atoms with Crippen LogP contribution in [0.25, 0.3) is 0 Å². The highest BCUT2D eigenvalue weighted by molar-refractivity contribution is 5.22. The van der Waals surface area contributed by atoms with Crippen molar-refractivity contribution in [3.63, 3.8) is 0 Å². The van der Waals surface area contributed by atoms with Gasteiger partial charge in [0.2, 0.25) is 0 Å². The molecule has 0 aliphatic rings. The lowest BCUT2D eigenvalue weighted by Crippen LogP contribution is -2.24. The van der Waals surface area contributed by atoms with Crippen molar-refractivity contribution >= 4 is 0 Å². The molecule has 2 rings (SSSR count). The van der Waals surface area contributed by atoms with Crippen molar-refractivity contribution in [2.45, 2.75) is 26.5 Å². The number of benzene rings is 1. The van der Waals surface area contributed by atoms with Crippen LogP contribution in [0, 0.1) is 19.7 Å². The predicted molar refractivity (Wildman–Crippen MR) is 67.4 cm³/mol. The summed E-state index contributed by atoms with van der Waals surface area (Å²) in [5.41, 5.74) is 0. The van der Waals surface area contributed by atoms with Crippen LogP contribution in [0.2, 0.25) is 0 Å². The Bertz CT molecular complexity index is 539. The molecule has 0 saturated carbocycles. The van der Waals surface area contributed by atoms with E-state index in [2.05, 4.69) is 10.1 Å². The van der Waals surface area contributed by atoms with Crippen LogP contribution in [-0.4, -0.2) is 32.6 Å². The molecule has 102 valence electrons. The number of ether oxygens (including phenoxy) is 1. The summed E-state index contributed by atoms with van der Waals surface area (Å²) in [4.78, 5) is 4.15. The molecule has 1 heterocycles. The zero-order chi connectivity index (χ0) is 13.8. The van der Waals surface area contributed by atoms with Crippen molar-refractivity contribution < 1.29 is 14.2 Å². The standard InChI is InChI=1S/C13H16FN3O2/c1-9-15-10(2)17(16-9)7-12(18)8-19-13-5-3-11(14)4-6-13/h3-6,12,18H,7-8H2,1-2H3. The second-order valence-corrected chi connectivity index (χ2v) is 4.31. The van der Waals surface area contributed by atoms with Crippen LogP contribution in [0.1, 0.15) is 11.6 Å². The van der Waals surface area contributed by atoms with Crippen molar-refractivity contribution in [3.05, 3.63) is 41.7 Å². The predicted octanol–water partition coefficient (Wildman–Crippen LogP) is 1.47.